The van der Waals surface area contributed by atoms with Crippen molar-refractivity contribution in [3.8, 4) is 5.75 Å². The molecule has 1 N–H and O–H groups in total. The van der Waals surface area contributed by atoms with Crippen LogP contribution >= 0.6 is 0 Å². The van der Waals surface area contributed by atoms with E-state index in [4.69, 9.17) is 4.74 Å². The summed E-state index contributed by atoms with van der Waals surface area (Å²) in [6.45, 7) is 7.05. The normalized spacial score (nSPS) is 17.9. The quantitative estimate of drug-likeness (QED) is 0.421. The Kier molecular flexibility index (Phi) is 7.74. The lowest BCUT2D eigenvalue weighted by Gasteiger charge is -2.32. The summed E-state index contributed by atoms with van der Waals surface area (Å²) in [5.74, 6) is -1.18. The molecule has 1 aliphatic rings. The second kappa shape index (κ2) is 10.8. The van der Waals surface area contributed by atoms with E-state index in [9.17, 15) is 13.6 Å². The predicted octanol–water partition coefficient (Wildman–Crippen LogP) is 6.29. The van der Waals surface area contributed by atoms with Crippen molar-refractivity contribution in [2.24, 2.45) is 0 Å². The summed E-state index contributed by atoms with van der Waals surface area (Å²) in [5.41, 5.74) is 3.75. The topological polar surface area (TPSA) is 41.6 Å². The molecule has 1 saturated heterocycles. The molecule has 4 nitrogen and oxygen atoms in total. The molecule has 3 aromatic carbocycles. The molecule has 1 heterocycles. The van der Waals surface area contributed by atoms with Gasteiger partial charge < -0.3 is 9.64 Å². The van der Waals surface area contributed by atoms with E-state index < -0.39 is 11.6 Å². The molecule has 3 aromatic rings. The minimum absolute atomic E-state index is 0.000776. The van der Waals surface area contributed by atoms with Crippen LogP contribution in [0.15, 0.2) is 66.7 Å². The second-order valence-corrected chi connectivity index (χ2v) is 10.4. The number of amides is 1. The molecule has 0 saturated carbocycles. The van der Waals surface area contributed by atoms with Crippen molar-refractivity contribution in [1.82, 2.24) is 10.2 Å². The van der Waals surface area contributed by atoms with E-state index in [0.29, 0.717) is 12.1 Å². The molecular weight excluding hydrogens is 458 g/mol. The lowest BCUT2D eigenvalue weighted by molar-refractivity contribution is -0.134. The van der Waals surface area contributed by atoms with Crippen LogP contribution in [0.25, 0.3) is 0 Å². The Bertz CT molecular complexity index is 1210. The number of nitrogens with one attached hydrogen (secondary N) is 1. The summed E-state index contributed by atoms with van der Waals surface area (Å²) >= 11 is 0. The largest absolute Gasteiger partial charge is 0.496 e. The van der Waals surface area contributed by atoms with Crippen LogP contribution in [-0.4, -0.2) is 24.1 Å². The van der Waals surface area contributed by atoms with Gasteiger partial charge in [0.25, 0.3) is 0 Å². The summed E-state index contributed by atoms with van der Waals surface area (Å²) in [4.78, 5) is 15.4. The fourth-order valence-corrected chi connectivity index (χ4v) is 4.89. The molecule has 2 atom stereocenters. The van der Waals surface area contributed by atoms with E-state index in [-0.39, 0.29) is 30.0 Å². The highest BCUT2D eigenvalue weighted by molar-refractivity contribution is 5.80. The third-order valence-electron chi connectivity index (χ3n) is 6.87. The van der Waals surface area contributed by atoms with Crippen LogP contribution < -0.4 is 10.1 Å². The van der Waals surface area contributed by atoms with Gasteiger partial charge in [0.1, 0.15) is 5.75 Å². The Hall–Kier alpha value is -3.25. The molecule has 36 heavy (non-hydrogen) atoms. The summed E-state index contributed by atoms with van der Waals surface area (Å²) < 4.78 is 32.8. The molecule has 0 aliphatic carbocycles. The Morgan fingerprint density at radius 2 is 1.75 bits per heavy atom. The Balaban J connectivity index is 1.58. The molecule has 1 aliphatic heterocycles. The van der Waals surface area contributed by atoms with Gasteiger partial charge in [0.15, 0.2) is 11.6 Å². The lowest BCUT2D eigenvalue weighted by Crippen LogP contribution is -2.46. The number of hydrogen-bond acceptors (Lipinski definition) is 3. The maximum atomic E-state index is 13.8. The smallest absolute Gasteiger partial charge is 0.228 e. The maximum Gasteiger partial charge on any atom is 0.228 e. The first-order valence-electron chi connectivity index (χ1n) is 12.4. The van der Waals surface area contributed by atoms with Crippen molar-refractivity contribution in [3.63, 3.8) is 0 Å². The SMILES string of the molecule is COc1ccc(C(C)(C)C)cc1CNC1CCC(c2ccccc2)N1C(=O)Cc1ccc(F)c(F)c1. The van der Waals surface area contributed by atoms with Gasteiger partial charge in [-0.05, 0) is 53.1 Å². The van der Waals surface area contributed by atoms with Crippen molar-refractivity contribution in [3.05, 3.63) is 101 Å². The number of carbonyl (C=O) groups is 1. The molecule has 0 bridgehead atoms. The second-order valence-electron chi connectivity index (χ2n) is 10.4. The van der Waals surface area contributed by atoms with Crippen molar-refractivity contribution in [2.75, 3.05) is 7.11 Å². The molecule has 0 radical (unpaired) electrons. The van der Waals surface area contributed by atoms with Crippen LogP contribution in [0.1, 0.15) is 61.9 Å². The first-order valence-corrected chi connectivity index (χ1v) is 12.4. The molecule has 2 unspecified atom stereocenters. The lowest BCUT2D eigenvalue weighted by atomic mass is 9.86. The van der Waals surface area contributed by atoms with Crippen molar-refractivity contribution < 1.29 is 18.3 Å². The van der Waals surface area contributed by atoms with Gasteiger partial charge in [-0.15, -0.1) is 0 Å². The molecule has 6 heteroatoms. The summed E-state index contributed by atoms with van der Waals surface area (Å²) in [6, 6.07) is 19.7. The maximum absolute atomic E-state index is 13.8. The number of benzene rings is 3. The van der Waals surface area contributed by atoms with E-state index in [1.54, 1.807) is 7.11 Å². The fraction of sp³-hybridized carbons (Fsp3) is 0.367. The monoisotopic (exact) mass is 492 g/mol. The van der Waals surface area contributed by atoms with Crippen LogP contribution in [0, 0.1) is 11.6 Å². The summed E-state index contributed by atoms with van der Waals surface area (Å²) in [5, 5.41) is 3.58. The Morgan fingerprint density at radius 1 is 1.00 bits per heavy atom. The third kappa shape index (κ3) is 5.76. The molecular formula is C30H34F2N2O2. The summed E-state index contributed by atoms with van der Waals surface area (Å²) in [7, 11) is 1.66. The zero-order chi connectivity index (χ0) is 25.9. The minimum atomic E-state index is -0.943. The van der Waals surface area contributed by atoms with Crippen LogP contribution in [0.2, 0.25) is 0 Å². The standard InChI is InChI=1S/C30H34F2N2O2/c1-30(2,3)23-11-14-27(36-4)22(18-23)19-33-28-15-13-26(21-8-6-5-7-9-21)34(28)29(35)17-20-10-12-24(31)25(32)16-20/h5-12,14,16,18,26,28,33H,13,15,17,19H2,1-4H3. The highest BCUT2D eigenvalue weighted by Crippen LogP contribution is 2.36. The van der Waals surface area contributed by atoms with E-state index >= 15 is 0 Å². The highest BCUT2D eigenvalue weighted by atomic mass is 19.2. The molecule has 1 amide bonds. The van der Waals surface area contributed by atoms with Crippen LogP contribution in [-0.2, 0) is 23.2 Å². The number of hydrogen-bond donors (Lipinski definition) is 1. The number of carbonyl (C=O) groups excluding carboxylic acids is 1. The Labute approximate surface area is 212 Å². The van der Waals surface area contributed by atoms with Crippen molar-refractivity contribution in [1.29, 1.82) is 0 Å². The van der Waals surface area contributed by atoms with Gasteiger partial charge in [-0.3, -0.25) is 10.1 Å². The van der Waals surface area contributed by atoms with Gasteiger partial charge in [-0.25, -0.2) is 8.78 Å². The van der Waals surface area contributed by atoms with Gasteiger partial charge in [-0.1, -0.05) is 69.3 Å². The fourth-order valence-electron chi connectivity index (χ4n) is 4.89. The van der Waals surface area contributed by atoms with Gasteiger partial charge in [0.05, 0.1) is 25.7 Å². The number of likely N-dealkylation sites (tertiary alicyclic amines) is 1. The van der Waals surface area contributed by atoms with E-state index in [2.05, 4.69) is 38.2 Å². The number of nitrogens with zero attached hydrogens (tertiary/aromatic N) is 1. The zero-order valence-electron chi connectivity index (χ0n) is 21.4. The first kappa shape index (κ1) is 25.8. The number of halogens is 2. The van der Waals surface area contributed by atoms with Crippen LogP contribution in [0.4, 0.5) is 8.78 Å². The summed E-state index contributed by atoms with van der Waals surface area (Å²) in [6.07, 6.45) is 1.40. The van der Waals surface area contributed by atoms with Crippen molar-refractivity contribution >= 4 is 5.91 Å². The number of rotatable bonds is 7. The Morgan fingerprint density at radius 3 is 2.42 bits per heavy atom. The van der Waals surface area contributed by atoms with E-state index in [1.807, 2.05) is 41.3 Å². The third-order valence-corrected chi connectivity index (χ3v) is 6.87. The number of methoxy groups -OCH3 is 1. The van der Waals surface area contributed by atoms with Gasteiger partial charge in [0.2, 0.25) is 5.91 Å². The molecule has 1 fully saturated rings. The average Bonchev–Trinajstić information content (AvgIpc) is 3.29. The molecule has 0 aromatic heterocycles. The van der Waals surface area contributed by atoms with Gasteiger partial charge in [-0.2, -0.15) is 0 Å². The van der Waals surface area contributed by atoms with Crippen LogP contribution in [0.5, 0.6) is 5.75 Å². The molecule has 0 spiro atoms. The van der Waals surface area contributed by atoms with Crippen molar-refractivity contribution in [2.45, 2.75) is 64.2 Å². The van der Waals surface area contributed by atoms with Gasteiger partial charge >= 0.3 is 0 Å². The highest BCUT2D eigenvalue weighted by Gasteiger charge is 2.37. The first-order chi connectivity index (χ1) is 17.2. The number of ether oxygens (including phenoxy) is 1. The molecule has 190 valence electrons. The van der Waals surface area contributed by atoms with E-state index in [1.165, 1.54) is 11.6 Å². The van der Waals surface area contributed by atoms with Crippen LogP contribution in [0.3, 0.4) is 0 Å². The van der Waals surface area contributed by atoms with Gasteiger partial charge in [0, 0.05) is 12.1 Å². The minimum Gasteiger partial charge on any atom is -0.496 e. The zero-order valence-corrected chi connectivity index (χ0v) is 21.4. The van der Waals surface area contributed by atoms with E-state index in [0.717, 1.165) is 41.9 Å². The predicted molar refractivity (Wildman–Crippen MR) is 138 cm³/mol. The average molecular weight is 493 g/mol. The molecule has 4 rings (SSSR count).